The minimum atomic E-state index is 0.183. The van der Waals surface area contributed by atoms with E-state index in [9.17, 15) is 0 Å². The van der Waals surface area contributed by atoms with E-state index in [1.54, 1.807) is 0 Å². The molecule has 224 valence electrons. The van der Waals surface area contributed by atoms with Crippen LogP contribution < -0.4 is 22.3 Å². The Bertz CT molecular complexity index is 1190. The van der Waals surface area contributed by atoms with E-state index in [1.165, 1.54) is 11.1 Å². The summed E-state index contributed by atoms with van der Waals surface area (Å²) in [6.45, 7) is 10.2. The number of nitrogens with one attached hydrogen (secondary N) is 2. The first-order chi connectivity index (χ1) is 20.1. The van der Waals surface area contributed by atoms with Crippen LogP contribution in [0.5, 0.6) is 0 Å². The molecule has 0 atom stereocenters. The number of hydrogen-bond donors (Lipinski definition) is 4. The van der Waals surface area contributed by atoms with Crippen LogP contribution in [0.4, 0.5) is 0 Å². The van der Waals surface area contributed by atoms with E-state index in [2.05, 4.69) is 105 Å². The van der Waals surface area contributed by atoms with Crippen molar-refractivity contribution in [1.82, 2.24) is 20.7 Å². The lowest BCUT2D eigenvalue weighted by molar-refractivity contribution is 0.149. The molecule has 2 aromatic rings. The molecule has 1 saturated heterocycles. The van der Waals surface area contributed by atoms with Crippen LogP contribution in [0.25, 0.3) is 0 Å². The van der Waals surface area contributed by atoms with Crippen molar-refractivity contribution in [1.29, 1.82) is 0 Å². The molecule has 10 heteroatoms. The van der Waals surface area contributed by atoms with Crippen molar-refractivity contribution in [3.8, 4) is 0 Å². The Kier molecular flexibility index (Phi) is 9.57. The molecule has 0 aromatic heterocycles. The topological polar surface area (TPSA) is 107 Å². The van der Waals surface area contributed by atoms with Crippen LogP contribution >= 0.6 is 24.4 Å². The van der Waals surface area contributed by atoms with Gasteiger partial charge in [-0.05, 0) is 72.1 Å². The Labute approximate surface area is 261 Å². The molecule has 1 heterocycles. The third-order valence-electron chi connectivity index (χ3n) is 9.53. The molecule has 2 aliphatic carbocycles. The third-order valence-corrected chi connectivity index (χ3v) is 9.71. The predicted octanol–water partition coefficient (Wildman–Crippen LogP) is 3.72. The third kappa shape index (κ3) is 7.34. The van der Waals surface area contributed by atoms with Gasteiger partial charge in [0.2, 0.25) is 0 Å². The van der Waals surface area contributed by atoms with Crippen LogP contribution in [0.2, 0.25) is 0 Å². The second-order valence-corrected chi connectivity index (χ2v) is 13.7. The van der Waals surface area contributed by atoms with Gasteiger partial charge in [-0.15, -0.1) is 0 Å². The Morgan fingerprint density at radius 3 is 1.33 bits per heavy atom. The number of hydrogen-bond acceptors (Lipinski definition) is 6. The molecule has 0 spiro atoms. The van der Waals surface area contributed by atoms with Gasteiger partial charge in [-0.2, -0.15) is 10.2 Å². The van der Waals surface area contributed by atoms with E-state index < -0.39 is 0 Å². The molecule has 8 nitrogen and oxygen atoms in total. The summed E-state index contributed by atoms with van der Waals surface area (Å²) in [5.74, 6) is 0.829. The average Bonchev–Trinajstić information content (AvgIpc) is 2.96. The molecule has 1 aliphatic heterocycles. The highest BCUT2D eigenvalue weighted by Crippen LogP contribution is 2.49. The zero-order chi connectivity index (χ0) is 29.7. The molecule has 0 radical (unpaired) electrons. The van der Waals surface area contributed by atoms with Crippen LogP contribution in [-0.4, -0.2) is 70.7 Å². The molecule has 42 heavy (non-hydrogen) atoms. The molecule has 0 bridgehead atoms. The molecule has 5 rings (SSSR count). The quantitative estimate of drug-likeness (QED) is 0.185. The summed E-state index contributed by atoms with van der Waals surface area (Å²) in [6, 6.07) is 21.6. The lowest BCUT2D eigenvalue weighted by atomic mass is 9.58. The van der Waals surface area contributed by atoms with Crippen molar-refractivity contribution in [2.75, 3.05) is 39.3 Å². The van der Waals surface area contributed by atoms with Gasteiger partial charge in [-0.3, -0.25) is 20.7 Å². The molecule has 2 saturated carbocycles. The summed E-state index contributed by atoms with van der Waals surface area (Å²) in [7, 11) is 0. The van der Waals surface area contributed by atoms with Gasteiger partial charge in [0.25, 0.3) is 0 Å². The maximum Gasteiger partial charge on any atom is 0.184 e. The van der Waals surface area contributed by atoms with Crippen LogP contribution in [-0.2, 0) is 10.8 Å². The van der Waals surface area contributed by atoms with Gasteiger partial charge in [-0.1, -0.05) is 74.5 Å². The highest BCUT2D eigenvalue weighted by molar-refractivity contribution is 7.80. The number of benzene rings is 2. The van der Waals surface area contributed by atoms with Gasteiger partial charge >= 0.3 is 0 Å². The van der Waals surface area contributed by atoms with Gasteiger partial charge < -0.3 is 11.5 Å². The van der Waals surface area contributed by atoms with Gasteiger partial charge in [0.05, 0.1) is 11.4 Å². The number of nitrogens with two attached hydrogens (primary N) is 2. The van der Waals surface area contributed by atoms with E-state index in [0.29, 0.717) is 11.8 Å². The highest BCUT2D eigenvalue weighted by atomic mass is 32.1. The second kappa shape index (κ2) is 13.2. The largest absolute Gasteiger partial charge is 0.375 e. The molecular weight excluding hydrogens is 561 g/mol. The minimum absolute atomic E-state index is 0.183. The molecular formula is C32H44N8S2. The summed E-state index contributed by atoms with van der Waals surface area (Å²) in [5.41, 5.74) is 22.7. The van der Waals surface area contributed by atoms with Crippen LogP contribution in [0.3, 0.4) is 0 Å². The maximum absolute atomic E-state index is 5.74. The highest BCUT2D eigenvalue weighted by Gasteiger charge is 2.45. The smallest absolute Gasteiger partial charge is 0.184 e. The summed E-state index contributed by atoms with van der Waals surface area (Å²) in [5, 5.41) is 9.78. The lowest BCUT2D eigenvalue weighted by Crippen LogP contribution is -2.53. The first-order valence-electron chi connectivity index (χ1n) is 14.9. The van der Waals surface area contributed by atoms with E-state index in [0.717, 1.165) is 76.4 Å². The van der Waals surface area contributed by atoms with Gasteiger partial charge in [-0.25, -0.2) is 0 Å². The average molecular weight is 605 g/mol. The van der Waals surface area contributed by atoms with Crippen molar-refractivity contribution in [3.63, 3.8) is 0 Å². The van der Waals surface area contributed by atoms with Crippen LogP contribution in [0.1, 0.15) is 50.7 Å². The summed E-state index contributed by atoms with van der Waals surface area (Å²) >= 11 is 10.1. The van der Waals surface area contributed by atoms with Crippen molar-refractivity contribution in [3.05, 3.63) is 71.8 Å². The number of thiocarbonyl (C=S) groups is 2. The predicted molar refractivity (Wildman–Crippen MR) is 181 cm³/mol. The Hall–Kier alpha value is -2.92. The summed E-state index contributed by atoms with van der Waals surface area (Å²) in [4.78, 5) is 4.99. The van der Waals surface area contributed by atoms with E-state index in [-0.39, 0.29) is 21.1 Å². The van der Waals surface area contributed by atoms with Crippen LogP contribution in [0, 0.1) is 11.8 Å². The van der Waals surface area contributed by atoms with Gasteiger partial charge in [0.1, 0.15) is 0 Å². The van der Waals surface area contributed by atoms with Crippen molar-refractivity contribution >= 4 is 46.1 Å². The fourth-order valence-corrected chi connectivity index (χ4v) is 7.10. The number of piperazine rings is 1. The number of nitrogens with zero attached hydrogens (tertiary/aromatic N) is 4. The number of hydrazone groups is 2. The van der Waals surface area contributed by atoms with Gasteiger partial charge in [0.15, 0.2) is 10.2 Å². The molecule has 6 N–H and O–H groups in total. The zero-order valence-electron chi connectivity index (χ0n) is 24.8. The monoisotopic (exact) mass is 604 g/mol. The first-order valence-corrected chi connectivity index (χ1v) is 15.7. The fourth-order valence-electron chi connectivity index (χ4n) is 7.01. The maximum atomic E-state index is 5.74. The summed E-state index contributed by atoms with van der Waals surface area (Å²) in [6.07, 6.45) is 4.31. The minimum Gasteiger partial charge on any atom is -0.375 e. The molecule has 3 fully saturated rings. The normalized spacial score (nSPS) is 28.8. The lowest BCUT2D eigenvalue weighted by Gasteiger charge is -2.48. The summed E-state index contributed by atoms with van der Waals surface area (Å²) < 4.78 is 0. The zero-order valence-corrected chi connectivity index (χ0v) is 26.4. The first kappa shape index (κ1) is 30.5. The number of rotatable bonds is 10. The van der Waals surface area contributed by atoms with E-state index in [4.69, 9.17) is 35.9 Å². The molecule has 3 aliphatic rings. The van der Waals surface area contributed by atoms with Crippen molar-refractivity contribution in [2.45, 2.75) is 50.4 Å². The molecule has 2 aromatic carbocycles. The van der Waals surface area contributed by atoms with Gasteiger partial charge in [0, 0.05) is 51.1 Å². The van der Waals surface area contributed by atoms with Crippen LogP contribution in [0.15, 0.2) is 70.9 Å². The Balaban J connectivity index is 1.16. The van der Waals surface area contributed by atoms with Crippen molar-refractivity contribution in [2.24, 2.45) is 33.5 Å². The SMILES string of the molecule is CC1(c2ccccc2)CC(C(CN2CCN(CC(=NNC(N)=S)C3CC(C)(c4ccccc4)C3)CC2)=NNC(N)=S)C1. The fraction of sp³-hybridized carbons (Fsp3) is 0.500. The van der Waals surface area contributed by atoms with E-state index >= 15 is 0 Å². The van der Waals surface area contributed by atoms with E-state index in [1.807, 2.05) is 0 Å². The second-order valence-electron chi connectivity index (χ2n) is 12.8. The Morgan fingerprint density at radius 2 is 1.02 bits per heavy atom. The molecule has 0 unspecified atom stereocenters. The van der Waals surface area contributed by atoms with Crippen molar-refractivity contribution < 1.29 is 0 Å². The standard InChI is InChI=1S/C32H44N8S2/c1-31(25-9-5-3-6-10-25)17-23(18-31)27(35-37-29(33)41)21-39-13-15-40(16-14-39)22-28(36-38-30(34)42)24-19-32(2,20-24)26-11-7-4-8-12-26/h3-12,23-24H,13-22H2,1-2H3,(H3,33,37,41)(H3,34,38,42). The Morgan fingerprint density at radius 1 is 0.690 bits per heavy atom. The molecule has 0 amide bonds.